The summed E-state index contributed by atoms with van der Waals surface area (Å²) in [4.78, 5) is 9.16. The van der Waals surface area contributed by atoms with Crippen LogP contribution in [0.4, 0.5) is 5.13 Å². The smallest absolute Gasteiger partial charge is 0.205 e. The van der Waals surface area contributed by atoms with Crippen LogP contribution in [0.1, 0.15) is 38.4 Å². The lowest BCUT2D eigenvalue weighted by atomic mass is 10.2. The van der Waals surface area contributed by atoms with Crippen LogP contribution in [0.3, 0.4) is 0 Å². The van der Waals surface area contributed by atoms with E-state index in [0.717, 1.165) is 50.0 Å². The number of hydrogen-bond acceptors (Lipinski definition) is 7. The van der Waals surface area contributed by atoms with Crippen molar-refractivity contribution in [3.05, 3.63) is 5.82 Å². The molecule has 3 rings (SSSR count). The van der Waals surface area contributed by atoms with Gasteiger partial charge in [0.2, 0.25) is 5.13 Å². The van der Waals surface area contributed by atoms with Gasteiger partial charge in [0.25, 0.3) is 0 Å². The van der Waals surface area contributed by atoms with Gasteiger partial charge in [0.05, 0.1) is 11.0 Å². The normalized spacial score (nSPS) is 26.0. The van der Waals surface area contributed by atoms with Gasteiger partial charge in [0, 0.05) is 50.2 Å². The minimum absolute atomic E-state index is 0.145. The first kappa shape index (κ1) is 16.1. The Labute approximate surface area is 136 Å². The minimum atomic E-state index is -2.83. The maximum absolute atomic E-state index is 11.9. The molecule has 2 aliphatic heterocycles. The molecule has 0 saturated carbocycles. The third kappa shape index (κ3) is 3.44. The molecule has 0 radical (unpaired) electrons. The van der Waals surface area contributed by atoms with Gasteiger partial charge in [-0.15, -0.1) is 0 Å². The Morgan fingerprint density at radius 1 is 1.27 bits per heavy atom. The topological polar surface area (TPSA) is 66.4 Å². The van der Waals surface area contributed by atoms with Crippen LogP contribution in [0.15, 0.2) is 0 Å². The Hall–Kier alpha value is -0.730. The lowest BCUT2D eigenvalue weighted by Crippen LogP contribution is -2.49. The van der Waals surface area contributed by atoms with E-state index in [0.29, 0.717) is 18.2 Å². The van der Waals surface area contributed by atoms with Gasteiger partial charge in [-0.25, -0.2) is 13.4 Å². The monoisotopic (exact) mass is 344 g/mol. The summed E-state index contributed by atoms with van der Waals surface area (Å²) in [7, 11) is -2.83. The molecule has 1 aromatic rings. The van der Waals surface area contributed by atoms with Crippen molar-refractivity contribution in [1.82, 2.24) is 14.3 Å². The molecule has 0 N–H and O–H groups in total. The summed E-state index contributed by atoms with van der Waals surface area (Å²) in [6, 6.07) is 0. The molecular formula is C14H24N4O2S2. The predicted octanol–water partition coefficient (Wildman–Crippen LogP) is 1.36. The van der Waals surface area contributed by atoms with E-state index < -0.39 is 9.84 Å². The largest absolute Gasteiger partial charge is 0.344 e. The number of piperazine rings is 1. The Kier molecular flexibility index (Phi) is 4.70. The number of hydrogen-bond donors (Lipinski definition) is 0. The van der Waals surface area contributed by atoms with Crippen molar-refractivity contribution < 1.29 is 8.42 Å². The van der Waals surface area contributed by atoms with E-state index in [4.69, 9.17) is 0 Å². The number of rotatable bonds is 4. The van der Waals surface area contributed by atoms with Gasteiger partial charge in [0.1, 0.15) is 5.82 Å². The van der Waals surface area contributed by atoms with E-state index in [2.05, 4.69) is 33.0 Å². The molecule has 1 atom stereocenters. The van der Waals surface area contributed by atoms with Crippen molar-refractivity contribution in [1.29, 1.82) is 0 Å². The fraction of sp³-hybridized carbons (Fsp3) is 0.857. The second kappa shape index (κ2) is 6.41. The van der Waals surface area contributed by atoms with E-state index in [1.54, 1.807) is 0 Å². The van der Waals surface area contributed by atoms with Gasteiger partial charge in [-0.1, -0.05) is 13.8 Å². The molecule has 0 bridgehead atoms. The van der Waals surface area contributed by atoms with Crippen LogP contribution in [-0.4, -0.2) is 66.4 Å². The third-order valence-corrected chi connectivity index (χ3v) is 7.56. The van der Waals surface area contributed by atoms with Crippen molar-refractivity contribution in [3.63, 3.8) is 0 Å². The zero-order valence-corrected chi connectivity index (χ0v) is 14.9. The minimum Gasteiger partial charge on any atom is -0.344 e. The Morgan fingerprint density at radius 2 is 2.00 bits per heavy atom. The van der Waals surface area contributed by atoms with E-state index in [1.807, 2.05) is 0 Å². The summed E-state index contributed by atoms with van der Waals surface area (Å²) >= 11 is 1.47. The molecule has 6 nitrogen and oxygen atoms in total. The number of anilines is 1. The fourth-order valence-electron chi connectivity index (χ4n) is 3.06. The van der Waals surface area contributed by atoms with Gasteiger partial charge in [0.15, 0.2) is 9.84 Å². The van der Waals surface area contributed by atoms with Gasteiger partial charge in [-0.2, -0.15) is 4.37 Å². The molecule has 2 aliphatic rings. The van der Waals surface area contributed by atoms with Crippen LogP contribution in [0.25, 0.3) is 0 Å². The first-order chi connectivity index (χ1) is 10.5. The average molecular weight is 345 g/mol. The van der Waals surface area contributed by atoms with Crippen molar-refractivity contribution >= 4 is 26.5 Å². The summed E-state index contributed by atoms with van der Waals surface area (Å²) < 4.78 is 28.3. The van der Waals surface area contributed by atoms with E-state index >= 15 is 0 Å². The van der Waals surface area contributed by atoms with Crippen LogP contribution in [-0.2, 0) is 9.84 Å². The van der Waals surface area contributed by atoms with E-state index in [-0.39, 0.29) is 5.25 Å². The number of sulfone groups is 1. The van der Waals surface area contributed by atoms with Crippen LogP contribution in [0, 0.1) is 0 Å². The average Bonchev–Trinajstić information content (AvgIpc) is 3.08. The summed E-state index contributed by atoms with van der Waals surface area (Å²) in [5, 5.41) is 0.852. The van der Waals surface area contributed by atoms with E-state index in [9.17, 15) is 8.42 Å². The molecule has 0 aromatic carbocycles. The van der Waals surface area contributed by atoms with Crippen molar-refractivity contribution in [2.75, 3.05) is 43.4 Å². The summed E-state index contributed by atoms with van der Waals surface area (Å²) in [6.07, 6.45) is 1.66. The lowest BCUT2D eigenvalue weighted by Gasteiger charge is -2.35. The maximum atomic E-state index is 11.9. The third-order valence-electron chi connectivity index (χ3n) is 4.51. The zero-order chi connectivity index (χ0) is 15.7. The summed E-state index contributed by atoms with van der Waals surface area (Å²) in [6.45, 7) is 8.52. The summed E-state index contributed by atoms with van der Waals surface area (Å²) in [5.41, 5.74) is 0. The zero-order valence-electron chi connectivity index (χ0n) is 13.2. The fourth-order valence-corrected chi connectivity index (χ4v) is 5.79. The summed E-state index contributed by atoms with van der Waals surface area (Å²) in [5.74, 6) is 1.65. The molecule has 0 spiro atoms. The highest BCUT2D eigenvalue weighted by atomic mass is 32.2. The van der Waals surface area contributed by atoms with Crippen LogP contribution in [0.5, 0.6) is 0 Å². The molecular weight excluding hydrogens is 320 g/mol. The van der Waals surface area contributed by atoms with Crippen molar-refractivity contribution in [3.8, 4) is 0 Å². The standard InChI is InChI=1S/C14H24N4O2S2/c1-11(2)13-15-14(21-16-13)18-7-5-17(6-8-18)10-12-4-3-9-22(12,19)20/h11-12H,3-10H2,1-2H3/t12-/m1/s1. The number of nitrogens with zero attached hydrogens (tertiary/aromatic N) is 4. The lowest BCUT2D eigenvalue weighted by molar-refractivity contribution is 0.255. The molecule has 0 amide bonds. The van der Waals surface area contributed by atoms with Gasteiger partial charge >= 0.3 is 0 Å². The Bertz CT molecular complexity index is 606. The quantitative estimate of drug-likeness (QED) is 0.822. The van der Waals surface area contributed by atoms with Gasteiger partial charge in [-0.05, 0) is 12.8 Å². The van der Waals surface area contributed by atoms with Crippen LogP contribution < -0.4 is 4.90 Å². The van der Waals surface area contributed by atoms with Gasteiger partial charge in [-0.3, -0.25) is 4.90 Å². The SMILES string of the molecule is CC(C)c1nsc(N2CCN(C[C@H]3CCCS3(=O)=O)CC2)n1. The molecule has 2 fully saturated rings. The van der Waals surface area contributed by atoms with Crippen molar-refractivity contribution in [2.24, 2.45) is 0 Å². The molecule has 2 saturated heterocycles. The highest BCUT2D eigenvalue weighted by Crippen LogP contribution is 2.24. The molecule has 22 heavy (non-hydrogen) atoms. The molecule has 0 aliphatic carbocycles. The molecule has 0 unspecified atom stereocenters. The highest BCUT2D eigenvalue weighted by Gasteiger charge is 2.33. The molecule has 8 heteroatoms. The predicted molar refractivity (Wildman–Crippen MR) is 89.5 cm³/mol. The second-order valence-electron chi connectivity index (χ2n) is 6.51. The highest BCUT2D eigenvalue weighted by molar-refractivity contribution is 7.92. The number of aromatic nitrogens is 2. The maximum Gasteiger partial charge on any atom is 0.205 e. The van der Waals surface area contributed by atoms with Crippen molar-refractivity contribution in [2.45, 2.75) is 37.9 Å². The Morgan fingerprint density at radius 3 is 2.55 bits per heavy atom. The Balaban J connectivity index is 1.54. The first-order valence-corrected chi connectivity index (χ1v) is 10.5. The molecule has 124 valence electrons. The van der Waals surface area contributed by atoms with Crippen LogP contribution >= 0.6 is 11.5 Å². The van der Waals surface area contributed by atoms with Crippen LogP contribution in [0.2, 0.25) is 0 Å². The van der Waals surface area contributed by atoms with E-state index in [1.165, 1.54) is 11.5 Å². The molecule has 3 heterocycles. The molecule has 1 aromatic heterocycles. The van der Waals surface area contributed by atoms with Gasteiger partial charge < -0.3 is 4.90 Å². The first-order valence-electron chi connectivity index (χ1n) is 7.98. The second-order valence-corrected chi connectivity index (χ2v) is 9.64.